The third-order valence-corrected chi connectivity index (χ3v) is 4.43. The van der Waals surface area contributed by atoms with Crippen LogP contribution in [0.4, 0.5) is 9.93 Å². The van der Waals surface area contributed by atoms with Gasteiger partial charge in [0.15, 0.2) is 5.13 Å². The van der Waals surface area contributed by atoms with Crippen molar-refractivity contribution in [3.05, 3.63) is 29.5 Å². The summed E-state index contributed by atoms with van der Waals surface area (Å²) >= 11 is 1.64. The molecular weight excluding hydrogens is 288 g/mol. The number of rotatable bonds is 3. The number of carbonyl (C=O) groups is 1. The van der Waals surface area contributed by atoms with Crippen LogP contribution in [0.15, 0.2) is 23.8 Å². The predicted octanol–water partition coefficient (Wildman–Crippen LogP) is 0.908. The minimum Gasteiger partial charge on any atom is -0.345 e. The van der Waals surface area contributed by atoms with Crippen molar-refractivity contribution in [2.45, 2.75) is 6.54 Å². The van der Waals surface area contributed by atoms with Crippen molar-refractivity contribution in [3.8, 4) is 0 Å². The van der Waals surface area contributed by atoms with Crippen LogP contribution in [-0.4, -0.2) is 51.9 Å². The van der Waals surface area contributed by atoms with E-state index >= 15 is 0 Å². The maximum Gasteiger partial charge on any atom is 0.317 e. The van der Waals surface area contributed by atoms with Crippen molar-refractivity contribution in [1.29, 1.82) is 0 Å². The fourth-order valence-electron chi connectivity index (χ4n) is 2.33. The number of piperazine rings is 1. The van der Waals surface area contributed by atoms with Crippen LogP contribution in [0.2, 0.25) is 0 Å². The van der Waals surface area contributed by atoms with Gasteiger partial charge in [-0.3, -0.25) is 4.68 Å². The Balaban J connectivity index is 1.48. The lowest BCUT2D eigenvalue weighted by atomic mass is 10.3. The first-order valence-corrected chi connectivity index (χ1v) is 7.76. The van der Waals surface area contributed by atoms with Crippen LogP contribution in [0.3, 0.4) is 0 Å². The number of aryl methyl sites for hydroxylation is 1. The highest BCUT2D eigenvalue weighted by Gasteiger charge is 2.22. The number of anilines is 1. The van der Waals surface area contributed by atoms with Crippen LogP contribution < -0.4 is 10.2 Å². The normalized spacial score (nSPS) is 15.3. The highest BCUT2D eigenvalue weighted by Crippen LogP contribution is 2.18. The summed E-state index contributed by atoms with van der Waals surface area (Å²) in [5.74, 6) is 0. The number of urea groups is 1. The lowest BCUT2D eigenvalue weighted by Gasteiger charge is -2.34. The Labute approximate surface area is 127 Å². The average Bonchev–Trinajstić information content (AvgIpc) is 3.17. The summed E-state index contributed by atoms with van der Waals surface area (Å²) in [7, 11) is 1.87. The fourth-order valence-corrected chi connectivity index (χ4v) is 3.02. The summed E-state index contributed by atoms with van der Waals surface area (Å²) in [6, 6.07) is 1.88. The molecule has 0 radical (unpaired) electrons. The van der Waals surface area contributed by atoms with E-state index in [1.165, 1.54) is 0 Å². The number of amides is 2. The predicted molar refractivity (Wildman–Crippen MR) is 81.3 cm³/mol. The van der Waals surface area contributed by atoms with E-state index in [0.717, 1.165) is 37.0 Å². The third kappa shape index (κ3) is 3.15. The maximum absolute atomic E-state index is 12.2. The van der Waals surface area contributed by atoms with Gasteiger partial charge in [-0.15, -0.1) is 11.3 Å². The molecule has 0 aliphatic carbocycles. The second-order valence-corrected chi connectivity index (χ2v) is 5.77. The minimum atomic E-state index is -0.0185. The molecule has 0 bridgehead atoms. The molecule has 3 rings (SSSR count). The molecule has 112 valence electrons. The zero-order valence-electron chi connectivity index (χ0n) is 11.9. The topological polar surface area (TPSA) is 66.3 Å². The van der Waals surface area contributed by atoms with Crippen molar-refractivity contribution in [3.63, 3.8) is 0 Å². The van der Waals surface area contributed by atoms with Crippen molar-refractivity contribution < 1.29 is 4.79 Å². The highest BCUT2D eigenvalue weighted by atomic mass is 32.1. The van der Waals surface area contributed by atoms with E-state index in [4.69, 9.17) is 0 Å². The number of aromatic nitrogens is 3. The van der Waals surface area contributed by atoms with Crippen LogP contribution in [0.25, 0.3) is 0 Å². The average molecular weight is 306 g/mol. The molecule has 2 aromatic rings. The molecule has 21 heavy (non-hydrogen) atoms. The van der Waals surface area contributed by atoms with Crippen LogP contribution in [-0.2, 0) is 13.6 Å². The SMILES string of the molecule is Cn1nccc1CNC(=O)N1CCN(c2nccs2)CC1. The molecule has 1 aliphatic heterocycles. The monoisotopic (exact) mass is 306 g/mol. The summed E-state index contributed by atoms with van der Waals surface area (Å²) in [4.78, 5) is 20.5. The van der Waals surface area contributed by atoms with Gasteiger partial charge in [-0.2, -0.15) is 5.10 Å². The molecule has 0 unspecified atom stereocenters. The van der Waals surface area contributed by atoms with E-state index in [-0.39, 0.29) is 6.03 Å². The summed E-state index contributed by atoms with van der Waals surface area (Å²) in [5, 5.41) is 10.0. The van der Waals surface area contributed by atoms with Gasteiger partial charge in [0, 0.05) is 51.0 Å². The van der Waals surface area contributed by atoms with Gasteiger partial charge in [0.2, 0.25) is 0 Å². The smallest absolute Gasteiger partial charge is 0.317 e. The van der Waals surface area contributed by atoms with Gasteiger partial charge in [-0.1, -0.05) is 0 Å². The summed E-state index contributed by atoms with van der Waals surface area (Å²) < 4.78 is 1.76. The minimum absolute atomic E-state index is 0.0185. The first-order chi connectivity index (χ1) is 10.2. The van der Waals surface area contributed by atoms with Crippen LogP contribution >= 0.6 is 11.3 Å². The molecule has 2 aromatic heterocycles. The van der Waals surface area contributed by atoms with Gasteiger partial charge in [0.25, 0.3) is 0 Å². The van der Waals surface area contributed by atoms with E-state index < -0.39 is 0 Å². The van der Waals surface area contributed by atoms with Crippen LogP contribution in [0.1, 0.15) is 5.69 Å². The molecule has 7 nitrogen and oxygen atoms in total. The molecule has 0 spiro atoms. The largest absolute Gasteiger partial charge is 0.345 e. The molecule has 2 amide bonds. The van der Waals surface area contributed by atoms with Gasteiger partial charge >= 0.3 is 6.03 Å². The van der Waals surface area contributed by atoms with Gasteiger partial charge in [0.05, 0.1) is 12.2 Å². The zero-order valence-corrected chi connectivity index (χ0v) is 12.7. The van der Waals surface area contributed by atoms with Gasteiger partial charge in [-0.05, 0) is 6.07 Å². The second kappa shape index (κ2) is 6.13. The van der Waals surface area contributed by atoms with E-state index in [0.29, 0.717) is 6.54 Å². The molecule has 0 saturated carbocycles. The van der Waals surface area contributed by atoms with E-state index in [1.54, 1.807) is 22.2 Å². The fraction of sp³-hybridized carbons (Fsp3) is 0.462. The molecule has 0 aromatic carbocycles. The van der Waals surface area contributed by atoms with E-state index in [9.17, 15) is 4.79 Å². The summed E-state index contributed by atoms with van der Waals surface area (Å²) in [6.07, 6.45) is 3.54. The molecule has 1 N–H and O–H groups in total. The number of hydrogen-bond donors (Lipinski definition) is 1. The van der Waals surface area contributed by atoms with E-state index in [1.807, 2.05) is 29.6 Å². The number of thiazole rings is 1. The molecule has 0 atom stereocenters. The third-order valence-electron chi connectivity index (χ3n) is 3.60. The Kier molecular flexibility index (Phi) is 4.05. The van der Waals surface area contributed by atoms with Gasteiger partial charge < -0.3 is 15.1 Å². The molecular formula is C13H18N6OS. The first kappa shape index (κ1) is 13.9. The number of nitrogens with zero attached hydrogens (tertiary/aromatic N) is 5. The quantitative estimate of drug-likeness (QED) is 0.915. The molecule has 1 aliphatic rings. The first-order valence-electron chi connectivity index (χ1n) is 6.88. The van der Waals surface area contributed by atoms with Crippen LogP contribution in [0, 0.1) is 0 Å². The molecule has 3 heterocycles. The Morgan fingerprint density at radius 3 is 2.76 bits per heavy atom. The summed E-state index contributed by atoms with van der Waals surface area (Å²) in [5.41, 5.74) is 0.991. The second-order valence-electron chi connectivity index (χ2n) is 4.89. The molecule has 1 saturated heterocycles. The number of hydrogen-bond acceptors (Lipinski definition) is 5. The lowest BCUT2D eigenvalue weighted by molar-refractivity contribution is 0.193. The molecule has 1 fully saturated rings. The number of nitrogens with one attached hydrogen (secondary N) is 1. The highest BCUT2D eigenvalue weighted by molar-refractivity contribution is 7.13. The van der Waals surface area contributed by atoms with Crippen molar-refractivity contribution in [2.24, 2.45) is 7.05 Å². The molecule has 8 heteroatoms. The Morgan fingerprint density at radius 1 is 1.33 bits per heavy atom. The number of carbonyl (C=O) groups excluding carboxylic acids is 1. The van der Waals surface area contributed by atoms with Gasteiger partial charge in [0.1, 0.15) is 0 Å². The van der Waals surface area contributed by atoms with Crippen molar-refractivity contribution >= 4 is 22.5 Å². The van der Waals surface area contributed by atoms with E-state index in [2.05, 4.69) is 20.3 Å². The van der Waals surface area contributed by atoms with Crippen molar-refractivity contribution in [2.75, 3.05) is 31.1 Å². The summed E-state index contributed by atoms with van der Waals surface area (Å²) in [6.45, 7) is 3.59. The maximum atomic E-state index is 12.2. The lowest BCUT2D eigenvalue weighted by Crippen LogP contribution is -2.51. The Bertz CT molecular complexity index is 588. The Morgan fingerprint density at radius 2 is 2.14 bits per heavy atom. The van der Waals surface area contributed by atoms with Crippen molar-refractivity contribution in [1.82, 2.24) is 25.0 Å². The Hall–Kier alpha value is -2.09. The zero-order chi connectivity index (χ0) is 14.7. The van der Waals surface area contributed by atoms with Gasteiger partial charge in [-0.25, -0.2) is 9.78 Å². The standard InChI is InChI=1S/C13H18N6OS/c1-17-11(2-3-16-17)10-15-12(20)18-5-7-19(8-6-18)13-14-4-9-21-13/h2-4,9H,5-8,10H2,1H3,(H,15,20). The van der Waals surface area contributed by atoms with Crippen LogP contribution in [0.5, 0.6) is 0 Å².